The molecule has 0 fully saturated rings. The Morgan fingerprint density at radius 3 is 2.36 bits per heavy atom. The standard InChI is InChI=1S/C20H24N2O5S/c1-4-14(2)22-28(25,26)18-7-5-6-17(12-18)19(23)21-13-15-8-10-16(11-9-15)20(24)27-3/h5-12,14,22H,4,13H2,1-3H3,(H,21,23)/t14-/m1/s1. The van der Waals surface area contributed by atoms with Gasteiger partial charge in [0.05, 0.1) is 17.6 Å². The van der Waals surface area contributed by atoms with Crippen LogP contribution in [0.2, 0.25) is 0 Å². The summed E-state index contributed by atoms with van der Waals surface area (Å²) in [7, 11) is -2.38. The first-order valence-electron chi connectivity index (χ1n) is 8.84. The third-order valence-electron chi connectivity index (χ3n) is 4.20. The molecule has 0 aliphatic heterocycles. The monoisotopic (exact) mass is 404 g/mol. The van der Waals surface area contributed by atoms with Crippen LogP contribution in [0.4, 0.5) is 0 Å². The normalized spacial score (nSPS) is 12.2. The van der Waals surface area contributed by atoms with Gasteiger partial charge in [-0.15, -0.1) is 0 Å². The van der Waals surface area contributed by atoms with Crippen molar-refractivity contribution in [2.24, 2.45) is 0 Å². The topological polar surface area (TPSA) is 102 Å². The minimum absolute atomic E-state index is 0.0443. The highest BCUT2D eigenvalue weighted by atomic mass is 32.2. The first kappa shape index (κ1) is 21.6. The smallest absolute Gasteiger partial charge is 0.337 e. The number of carbonyl (C=O) groups is 2. The van der Waals surface area contributed by atoms with Gasteiger partial charge in [0.25, 0.3) is 5.91 Å². The van der Waals surface area contributed by atoms with Crippen LogP contribution in [0.15, 0.2) is 53.4 Å². The van der Waals surface area contributed by atoms with E-state index in [0.29, 0.717) is 12.0 Å². The Kier molecular flexibility index (Phi) is 7.31. The Morgan fingerprint density at radius 1 is 1.07 bits per heavy atom. The zero-order valence-electron chi connectivity index (χ0n) is 16.1. The molecule has 0 saturated carbocycles. The van der Waals surface area contributed by atoms with Crippen LogP contribution in [-0.2, 0) is 21.3 Å². The molecular weight excluding hydrogens is 380 g/mol. The number of amides is 1. The molecule has 28 heavy (non-hydrogen) atoms. The van der Waals surface area contributed by atoms with E-state index in [-0.39, 0.29) is 23.0 Å². The van der Waals surface area contributed by atoms with Crippen LogP contribution in [0.1, 0.15) is 46.5 Å². The summed E-state index contributed by atoms with van der Waals surface area (Å²) in [6.07, 6.45) is 0.661. The van der Waals surface area contributed by atoms with E-state index in [4.69, 9.17) is 0 Å². The van der Waals surface area contributed by atoms with Crippen molar-refractivity contribution >= 4 is 21.9 Å². The molecule has 0 radical (unpaired) electrons. The lowest BCUT2D eigenvalue weighted by molar-refractivity contribution is 0.0600. The van der Waals surface area contributed by atoms with E-state index in [9.17, 15) is 18.0 Å². The molecule has 0 heterocycles. The molecular formula is C20H24N2O5S. The summed E-state index contributed by atoms with van der Waals surface area (Å²) in [5.41, 5.74) is 1.46. The fourth-order valence-electron chi connectivity index (χ4n) is 2.38. The molecule has 2 aromatic carbocycles. The number of sulfonamides is 1. The SMILES string of the molecule is CC[C@@H](C)NS(=O)(=O)c1cccc(C(=O)NCc2ccc(C(=O)OC)cc2)c1. The zero-order valence-corrected chi connectivity index (χ0v) is 16.9. The third kappa shape index (κ3) is 5.64. The number of ether oxygens (including phenoxy) is 1. The fourth-order valence-corrected chi connectivity index (χ4v) is 3.75. The van der Waals surface area contributed by atoms with Crippen molar-refractivity contribution in [3.05, 3.63) is 65.2 Å². The van der Waals surface area contributed by atoms with E-state index < -0.39 is 21.9 Å². The van der Waals surface area contributed by atoms with Crippen molar-refractivity contribution in [1.82, 2.24) is 10.0 Å². The van der Waals surface area contributed by atoms with Crippen LogP contribution in [-0.4, -0.2) is 33.4 Å². The Bertz CT molecular complexity index is 939. The second-order valence-electron chi connectivity index (χ2n) is 6.33. The largest absolute Gasteiger partial charge is 0.465 e. The predicted molar refractivity (Wildman–Crippen MR) is 105 cm³/mol. The summed E-state index contributed by atoms with van der Waals surface area (Å²) in [6, 6.07) is 12.3. The van der Waals surface area contributed by atoms with Gasteiger partial charge in [-0.3, -0.25) is 4.79 Å². The van der Waals surface area contributed by atoms with Gasteiger partial charge in [-0.2, -0.15) is 0 Å². The lowest BCUT2D eigenvalue weighted by Gasteiger charge is -2.13. The van der Waals surface area contributed by atoms with Crippen LogP contribution in [0, 0.1) is 0 Å². The van der Waals surface area contributed by atoms with Gasteiger partial charge in [0.15, 0.2) is 0 Å². The maximum Gasteiger partial charge on any atom is 0.337 e. The average Bonchev–Trinajstić information content (AvgIpc) is 2.71. The average molecular weight is 404 g/mol. The molecule has 2 aromatic rings. The van der Waals surface area contributed by atoms with Gasteiger partial charge in [-0.05, 0) is 49.2 Å². The van der Waals surface area contributed by atoms with Crippen molar-refractivity contribution in [2.75, 3.05) is 7.11 Å². The van der Waals surface area contributed by atoms with Gasteiger partial charge in [0.2, 0.25) is 10.0 Å². The van der Waals surface area contributed by atoms with Crippen LogP contribution in [0.3, 0.4) is 0 Å². The molecule has 0 bridgehead atoms. The Balaban J connectivity index is 2.06. The minimum Gasteiger partial charge on any atom is -0.465 e. The van der Waals surface area contributed by atoms with Crippen LogP contribution < -0.4 is 10.0 Å². The Morgan fingerprint density at radius 2 is 1.75 bits per heavy atom. The number of carbonyl (C=O) groups excluding carboxylic acids is 2. The fraction of sp³-hybridized carbons (Fsp3) is 0.300. The van der Waals surface area contributed by atoms with E-state index >= 15 is 0 Å². The Hall–Kier alpha value is -2.71. The van der Waals surface area contributed by atoms with E-state index in [0.717, 1.165) is 5.56 Å². The van der Waals surface area contributed by atoms with Gasteiger partial charge in [0, 0.05) is 18.2 Å². The molecule has 0 spiro atoms. The summed E-state index contributed by atoms with van der Waals surface area (Å²) in [5, 5.41) is 2.74. The second-order valence-corrected chi connectivity index (χ2v) is 8.04. The maximum absolute atomic E-state index is 12.4. The van der Waals surface area contributed by atoms with Crippen molar-refractivity contribution in [3.63, 3.8) is 0 Å². The highest BCUT2D eigenvalue weighted by molar-refractivity contribution is 7.89. The number of esters is 1. The first-order chi connectivity index (χ1) is 13.3. The highest BCUT2D eigenvalue weighted by Gasteiger charge is 2.18. The van der Waals surface area contributed by atoms with Crippen molar-refractivity contribution < 1.29 is 22.7 Å². The highest BCUT2D eigenvalue weighted by Crippen LogP contribution is 2.13. The van der Waals surface area contributed by atoms with E-state index in [2.05, 4.69) is 14.8 Å². The molecule has 0 saturated heterocycles. The van der Waals surface area contributed by atoms with E-state index in [1.54, 1.807) is 37.3 Å². The van der Waals surface area contributed by atoms with Crippen LogP contribution >= 0.6 is 0 Å². The number of nitrogens with one attached hydrogen (secondary N) is 2. The molecule has 2 N–H and O–H groups in total. The second kappa shape index (κ2) is 9.48. The number of hydrogen-bond donors (Lipinski definition) is 2. The van der Waals surface area contributed by atoms with Crippen LogP contribution in [0.5, 0.6) is 0 Å². The molecule has 7 nitrogen and oxygen atoms in total. The lowest BCUT2D eigenvalue weighted by atomic mass is 10.1. The van der Waals surface area contributed by atoms with E-state index in [1.807, 2.05) is 6.92 Å². The number of hydrogen-bond acceptors (Lipinski definition) is 5. The first-order valence-corrected chi connectivity index (χ1v) is 10.3. The van der Waals surface area contributed by atoms with Gasteiger partial charge < -0.3 is 10.1 Å². The molecule has 0 aromatic heterocycles. The molecule has 0 aliphatic rings. The van der Waals surface area contributed by atoms with Gasteiger partial charge in [0.1, 0.15) is 0 Å². The Labute approximate surface area is 165 Å². The lowest BCUT2D eigenvalue weighted by Crippen LogP contribution is -2.32. The number of methoxy groups -OCH3 is 1. The molecule has 0 aliphatic carbocycles. The van der Waals surface area contributed by atoms with Crippen molar-refractivity contribution in [2.45, 2.75) is 37.8 Å². The third-order valence-corrected chi connectivity index (χ3v) is 5.79. The molecule has 1 amide bonds. The summed E-state index contributed by atoms with van der Waals surface area (Å²) in [6.45, 7) is 3.90. The van der Waals surface area contributed by atoms with E-state index in [1.165, 1.54) is 25.3 Å². The van der Waals surface area contributed by atoms with Crippen molar-refractivity contribution in [1.29, 1.82) is 0 Å². The van der Waals surface area contributed by atoms with Gasteiger partial charge in [-0.1, -0.05) is 25.1 Å². The molecule has 8 heteroatoms. The summed E-state index contributed by atoms with van der Waals surface area (Å²) >= 11 is 0. The number of benzene rings is 2. The molecule has 0 unspecified atom stereocenters. The summed E-state index contributed by atoms with van der Waals surface area (Å²) in [4.78, 5) is 23.9. The van der Waals surface area contributed by atoms with Gasteiger partial charge in [-0.25, -0.2) is 17.9 Å². The van der Waals surface area contributed by atoms with Gasteiger partial charge >= 0.3 is 5.97 Å². The summed E-state index contributed by atoms with van der Waals surface area (Å²) < 4.78 is 32.0. The predicted octanol–water partition coefficient (Wildman–Crippen LogP) is 2.48. The quantitative estimate of drug-likeness (QED) is 0.658. The number of rotatable bonds is 8. The molecule has 150 valence electrons. The maximum atomic E-state index is 12.4. The zero-order chi connectivity index (χ0) is 20.7. The van der Waals surface area contributed by atoms with Crippen molar-refractivity contribution in [3.8, 4) is 0 Å². The minimum atomic E-state index is -3.68. The molecule has 1 atom stereocenters. The molecule has 2 rings (SSSR count). The summed E-state index contributed by atoms with van der Waals surface area (Å²) in [5.74, 6) is -0.822. The van der Waals surface area contributed by atoms with Crippen LogP contribution in [0.25, 0.3) is 0 Å².